The van der Waals surface area contributed by atoms with Crippen LogP contribution in [0.4, 0.5) is 11.5 Å². The van der Waals surface area contributed by atoms with E-state index >= 15 is 0 Å². The Morgan fingerprint density at radius 1 is 1.06 bits per heavy atom. The lowest BCUT2D eigenvalue weighted by Crippen LogP contribution is -2.41. The first-order valence-corrected chi connectivity index (χ1v) is 13.1. The number of amides is 2. The Balaban J connectivity index is 1.41. The molecule has 0 radical (unpaired) electrons. The summed E-state index contributed by atoms with van der Waals surface area (Å²) in [5.74, 6) is 0.176. The van der Waals surface area contributed by atoms with Gasteiger partial charge >= 0.3 is 0 Å². The number of hydrogen-bond donors (Lipinski definition) is 1. The van der Waals surface area contributed by atoms with Crippen molar-refractivity contribution in [3.8, 4) is 0 Å². The Labute approximate surface area is 204 Å². The van der Waals surface area contributed by atoms with Gasteiger partial charge < -0.3 is 10.1 Å². The standard InChI is InChI=1S/C26H27N3O5S/c1-2-35(32,33)23-12-6-19(7-13-23)17-25(30)28-21-10-8-20(9-11-21)26(31)29(22-14-16-34-18-22)24-5-3-4-15-27-24/h3-13,15,22H,2,14,16-18H2,1H3,(H,28,30). The molecule has 182 valence electrons. The number of ether oxygens (including phenoxy) is 1. The molecule has 2 amide bonds. The number of carbonyl (C=O) groups excluding carboxylic acids is 2. The summed E-state index contributed by atoms with van der Waals surface area (Å²) in [4.78, 5) is 32.1. The van der Waals surface area contributed by atoms with E-state index in [0.29, 0.717) is 35.8 Å². The highest BCUT2D eigenvalue weighted by Gasteiger charge is 2.30. The van der Waals surface area contributed by atoms with Gasteiger partial charge in [-0.15, -0.1) is 0 Å². The van der Waals surface area contributed by atoms with Crippen LogP contribution in [0.15, 0.2) is 77.8 Å². The summed E-state index contributed by atoms with van der Waals surface area (Å²) >= 11 is 0. The van der Waals surface area contributed by atoms with Crippen molar-refractivity contribution >= 4 is 33.2 Å². The van der Waals surface area contributed by atoms with Gasteiger partial charge in [-0.25, -0.2) is 13.4 Å². The number of carbonyl (C=O) groups is 2. The molecule has 0 bridgehead atoms. The molecule has 9 heteroatoms. The monoisotopic (exact) mass is 493 g/mol. The van der Waals surface area contributed by atoms with E-state index in [1.165, 1.54) is 12.1 Å². The van der Waals surface area contributed by atoms with Crippen molar-refractivity contribution in [3.05, 3.63) is 84.1 Å². The van der Waals surface area contributed by atoms with E-state index in [-0.39, 0.29) is 34.9 Å². The third-order valence-electron chi connectivity index (χ3n) is 5.83. The van der Waals surface area contributed by atoms with E-state index in [1.807, 2.05) is 6.07 Å². The molecular formula is C26H27N3O5S. The van der Waals surface area contributed by atoms with Gasteiger partial charge in [0.05, 0.1) is 29.7 Å². The third-order valence-corrected chi connectivity index (χ3v) is 7.58. The van der Waals surface area contributed by atoms with Crippen LogP contribution in [-0.2, 0) is 25.8 Å². The Kier molecular flexibility index (Phi) is 7.57. The predicted molar refractivity (Wildman–Crippen MR) is 133 cm³/mol. The molecule has 1 unspecified atom stereocenters. The van der Waals surface area contributed by atoms with Gasteiger partial charge in [-0.05, 0) is 60.5 Å². The summed E-state index contributed by atoms with van der Waals surface area (Å²) in [6.45, 7) is 2.65. The van der Waals surface area contributed by atoms with Crippen LogP contribution in [0, 0.1) is 0 Å². The molecule has 1 saturated heterocycles. The van der Waals surface area contributed by atoms with E-state index in [9.17, 15) is 18.0 Å². The van der Waals surface area contributed by atoms with Crippen LogP contribution >= 0.6 is 0 Å². The van der Waals surface area contributed by atoms with Gasteiger partial charge in [0, 0.05) is 24.1 Å². The summed E-state index contributed by atoms with van der Waals surface area (Å²) < 4.78 is 29.4. The maximum absolute atomic E-state index is 13.3. The molecule has 1 N–H and O–H groups in total. The summed E-state index contributed by atoms with van der Waals surface area (Å²) in [6, 6.07) is 18.4. The lowest BCUT2D eigenvalue weighted by Gasteiger charge is -2.27. The summed E-state index contributed by atoms with van der Waals surface area (Å²) in [7, 11) is -3.28. The largest absolute Gasteiger partial charge is 0.379 e. The van der Waals surface area contributed by atoms with Crippen molar-refractivity contribution < 1.29 is 22.7 Å². The SMILES string of the molecule is CCS(=O)(=O)c1ccc(CC(=O)Nc2ccc(C(=O)N(c3ccccn3)C3CCOC3)cc2)cc1. The first kappa shape index (κ1) is 24.6. The molecule has 1 fully saturated rings. The fourth-order valence-electron chi connectivity index (χ4n) is 3.89. The summed E-state index contributed by atoms with van der Waals surface area (Å²) in [6.07, 6.45) is 2.49. The minimum absolute atomic E-state index is 0.0272. The number of hydrogen-bond acceptors (Lipinski definition) is 6. The Morgan fingerprint density at radius 3 is 2.40 bits per heavy atom. The van der Waals surface area contributed by atoms with Crippen LogP contribution in [0.2, 0.25) is 0 Å². The van der Waals surface area contributed by atoms with Crippen LogP contribution in [0.3, 0.4) is 0 Å². The number of nitrogens with one attached hydrogen (secondary N) is 1. The molecule has 1 aliphatic rings. The Hall–Kier alpha value is -3.56. The lowest BCUT2D eigenvalue weighted by molar-refractivity contribution is -0.115. The van der Waals surface area contributed by atoms with Crippen LogP contribution in [0.5, 0.6) is 0 Å². The molecule has 2 aromatic carbocycles. The quantitative estimate of drug-likeness (QED) is 0.515. The molecule has 4 rings (SSSR count). The average Bonchev–Trinajstić information content (AvgIpc) is 3.40. The average molecular weight is 494 g/mol. The van der Waals surface area contributed by atoms with E-state index in [1.54, 1.807) is 66.6 Å². The van der Waals surface area contributed by atoms with Crippen molar-refractivity contribution in [2.75, 3.05) is 29.2 Å². The molecule has 1 aromatic heterocycles. The van der Waals surface area contributed by atoms with Crippen molar-refractivity contribution in [2.24, 2.45) is 0 Å². The zero-order valence-electron chi connectivity index (χ0n) is 19.4. The Morgan fingerprint density at radius 2 is 1.80 bits per heavy atom. The zero-order valence-corrected chi connectivity index (χ0v) is 20.2. The Bertz CT molecular complexity index is 1270. The topological polar surface area (TPSA) is 106 Å². The second-order valence-corrected chi connectivity index (χ2v) is 10.5. The predicted octanol–water partition coefficient (Wildman–Crippen LogP) is 3.49. The number of sulfone groups is 1. The maximum Gasteiger partial charge on any atom is 0.259 e. The summed E-state index contributed by atoms with van der Waals surface area (Å²) in [5.41, 5.74) is 1.74. The highest BCUT2D eigenvalue weighted by molar-refractivity contribution is 7.91. The van der Waals surface area contributed by atoms with Gasteiger partial charge in [-0.3, -0.25) is 14.5 Å². The van der Waals surface area contributed by atoms with Gasteiger partial charge in [0.1, 0.15) is 5.82 Å². The van der Waals surface area contributed by atoms with Crippen molar-refractivity contribution in [2.45, 2.75) is 30.7 Å². The molecule has 1 atom stereocenters. The van der Waals surface area contributed by atoms with Crippen LogP contribution in [-0.4, -0.2) is 50.2 Å². The second kappa shape index (κ2) is 10.8. The van der Waals surface area contributed by atoms with Gasteiger partial charge in [0.15, 0.2) is 9.84 Å². The van der Waals surface area contributed by atoms with Gasteiger partial charge in [-0.1, -0.05) is 25.1 Å². The lowest BCUT2D eigenvalue weighted by atomic mass is 10.1. The highest BCUT2D eigenvalue weighted by atomic mass is 32.2. The zero-order chi connectivity index (χ0) is 24.8. The number of pyridine rings is 1. The van der Waals surface area contributed by atoms with E-state index < -0.39 is 9.84 Å². The van der Waals surface area contributed by atoms with E-state index in [2.05, 4.69) is 10.3 Å². The van der Waals surface area contributed by atoms with Crippen LogP contribution in [0.25, 0.3) is 0 Å². The normalized spacial score (nSPS) is 15.5. The molecule has 0 spiro atoms. The minimum Gasteiger partial charge on any atom is -0.379 e. The van der Waals surface area contributed by atoms with Crippen LogP contribution in [0.1, 0.15) is 29.3 Å². The number of benzene rings is 2. The highest BCUT2D eigenvalue weighted by Crippen LogP contribution is 2.23. The maximum atomic E-state index is 13.3. The minimum atomic E-state index is -3.28. The third kappa shape index (κ3) is 5.93. The second-order valence-electron chi connectivity index (χ2n) is 8.23. The molecule has 3 aromatic rings. The van der Waals surface area contributed by atoms with Crippen molar-refractivity contribution in [3.63, 3.8) is 0 Å². The first-order chi connectivity index (χ1) is 16.9. The fourth-order valence-corrected chi connectivity index (χ4v) is 4.77. The number of anilines is 2. The molecule has 8 nitrogen and oxygen atoms in total. The molecule has 0 saturated carbocycles. The van der Waals surface area contributed by atoms with Gasteiger partial charge in [-0.2, -0.15) is 0 Å². The summed E-state index contributed by atoms with van der Waals surface area (Å²) in [5, 5.41) is 2.81. The molecular weight excluding hydrogens is 466 g/mol. The number of aromatic nitrogens is 1. The molecule has 2 heterocycles. The van der Waals surface area contributed by atoms with Crippen molar-refractivity contribution in [1.29, 1.82) is 0 Å². The van der Waals surface area contributed by atoms with Gasteiger partial charge in [0.25, 0.3) is 5.91 Å². The van der Waals surface area contributed by atoms with Crippen LogP contribution < -0.4 is 10.2 Å². The molecule has 35 heavy (non-hydrogen) atoms. The smallest absolute Gasteiger partial charge is 0.259 e. The molecule has 0 aliphatic carbocycles. The number of rotatable bonds is 8. The molecule has 1 aliphatic heterocycles. The fraction of sp³-hybridized carbons (Fsp3) is 0.269. The van der Waals surface area contributed by atoms with Crippen molar-refractivity contribution in [1.82, 2.24) is 4.98 Å². The number of nitrogens with zero attached hydrogens (tertiary/aromatic N) is 2. The van der Waals surface area contributed by atoms with E-state index in [0.717, 1.165) is 6.42 Å². The first-order valence-electron chi connectivity index (χ1n) is 11.4. The van der Waals surface area contributed by atoms with E-state index in [4.69, 9.17) is 4.74 Å². The van der Waals surface area contributed by atoms with Gasteiger partial charge in [0.2, 0.25) is 5.91 Å².